The molecule has 1 aromatic rings. The van der Waals surface area contributed by atoms with Crippen LogP contribution in [-0.4, -0.2) is 60.2 Å². The molecule has 4 aliphatic rings. The maximum Gasteiger partial charge on any atom is 0.332 e. The minimum Gasteiger partial charge on any atom is -0.460 e. The fraction of sp³-hybridized carbons (Fsp3) is 0.758. The zero-order chi connectivity index (χ0) is 30.1. The van der Waals surface area contributed by atoms with Gasteiger partial charge in [-0.3, -0.25) is 4.79 Å². The molecule has 1 amide bonds. The third kappa shape index (κ3) is 5.77. The van der Waals surface area contributed by atoms with E-state index in [0.29, 0.717) is 24.8 Å². The van der Waals surface area contributed by atoms with Crippen LogP contribution in [-0.2, 0) is 24.3 Å². The molecule has 0 saturated heterocycles. The average molecular weight is 603 g/mol. The van der Waals surface area contributed by atoms with E-state index >= 15 is 0 Å². The van der Waals surface area contributed by atoms with Gasteiger partial charge in [-0.1, -0.05) is 76.6 Å². The summed E-state index contributed by atoms with van der Waals surface area (Å²) in [5.74, 6) is -0.512. The van der Waals surface area contributed by atoms with Crippen LogP contribution in [0.1, 0.15) is 115 Å². The minimum atomic E-state index is -3.66. The first-order valence-corrected chi connectivity index (χ1v) is 17.8. The molecule has 5 atom stereocenters. The number of carbonyl (C=O) groups excluding carboxylic acids is 2. The highest BCUT2D eigenvalue weighted by Crippen LogP contribution is 2.67. The monoisotopic (exact) mass is 602 g/mol. The van der Waals surface area contributed by atoms with Crippen molar-refractivity contribution in [2.75, 3.05) is 5.75 Å². The Morgan fingerprint density at radius 2 is 1.64 bits per heavy atom. The lowest BCUT2D eigenvalue weighted by Gasteiger charge is -2.46. The molecule has 1 aromatic carbocycles. The van der Waals surface area contributed by atoms with Crippen LogP contribution in [0.2, 0.25) is 0 Å². The van der Waals surface area contributed by atoms with E-state index in [1.807, 2.05) is 23.4 Å². The smallest absolute Gasteiger partial charge is 0.332 e. The lowest BCUT2D eigenvalue weighted by atomic mass is 9.69. The van der Waals surface area contributed by atoms with Crippen LogP contribution in [0.15, 0.2) is 24.3 Å². The third-order valence-corrected chi connectivity index (χ3v) is 13.7. The largest absolute Gasteiger partial charge is 0.460 e. The van der Waals surface area contributed by atoms with Gasteiger partial charge in [-0.25, -0.2) is 13.2 Å². The summed E-state index contributed by atoms with van der Waals surface area (Å²) in [4.78, 5) is 25.2. The summed E-state index contributed by atoms with van der Waals surface area (Å²) >= 11 is 0. The summed E-state index contributed by atoms with van der Waals surface area (Å²) in [5.41, 5.74) is 0.269. The van der Waals surface area contributed by atoms with E-state index in [1.165, 1.54) is 0 Å². The number of carbonyl (C=O) groups is 2. The fourth-order valence-corrected chi connectivity index (χ4v) is 11.8. The van der Waals surface area contributed by atoms with Gasteiger partial charge in [0.05, 0.1) is 5.75 Å². The molecule has 2 N–H and O–H groups in total. The molecule has 0 spiro atoms. The van der Waals surface area contributed by atoms with Crippen LogP contribution in [0.4, 0.5) is 0 Å². The van der Waals surface area contributed by atoms with Crippen molar-refractivity contribution < 1.29 is 27.9 Å². The molecule has 9 heteroatoms. The number of ether oxygens (including phenoxy) is 1. The van der Waals surface area contributed by atoms with E-state index in [9.17, 15) is 23.1 Å². The summed E-state index contributed by atoms with van der Waals surface area (Å²) in [5, 5.41) is 13.6. The molecular formula is C33H50N2O6S. The molecule has 0 radical (unpaired) electrons. The summed E-state index contributed by atoms with van der Waals surface area (Å²) in [6.45, 7) is 6.12. The molecule has 0 unspecified atom stereocenters. The Labute approximate surface area is 252 Å². The Balaban J connectivity index is 1.42. The Hall–Kier alpha value is -1.97. The molecule has 8 nitrogen and oxygen atoms in total. The van der Waals surface area contributed by atoms with Crippen molar-refractivity contribution in [3.8, 4) is 0 Å². The van der Waals surface area contributed by atoms with Crippen molar-refractivity contribution in [3.63, 3.8) is 0 Å². The summed E-state index contributed by atoms with van der Waals surface area (Å²) in [6, 6.07) is 6.00. The molecule has 4 aliphatic carbocycles. The predicted molar refractivity (Wildman–Crippen MR) is 162 cm³/mol. The lowest BCUT2D eigenvalue weighted by molar-refractivity contribution is -0.163. The molecule has 0 aromatic heterocycles. The number of amides is 1. The van der Waals surface area contributed by atoms with Gasteiger partial charge in [0.2, 0.25) is 16.4 Å². The number of aliphatic hydroxyl groups excluding tert-OH is 1. The topological polar surface area (TPSA) is 113 Å². The van der Waals surface area contributed by atoms with Crippen molar-refractivity contribution in [1.82, 2.24) is 9.62 Å². The molecule has 0 aliphatic heterocycles. The van der Waals surface area contributed by atoms with Crippen molar-refractivity contribution in [2.24, 2.45) is 16.7 Å². The van der Waals surface area contributed by atoms with Gasteiger partial charge in [0, 0.05) is 17.5 Å². The molecule has 0 heterocycles. The first-order chi connectivity index (χ1) is 20.0. The molecule has 42 heavy (non-hydrogen) atoms. The number of nitrogens with one attached hydrogen (secondary N) is 1. The van der Waals surface area contributed by atoms with Gasteiger partial charge < -0.3 is 15.2 Å². The number of hydrogen-bond acceptors (Lipinski definition) is 6. The summed E-state index contributed by atoms with van der Waals surface area (Å²) in [7, 11) is -3.66. The van der Waals surface area contributed by atoms with Crippen molar-refractivity contribution >= 4 is 22.4 Å². The SMILES string of the molecule is Cc1ccccc1[C@@H](O)[C@H](NC=O)C(=O)O[C@@H]1C[C@H]2CC[C@]1(CS(=O)(=O)N(C1CCCCC1)C1CCCCC1)C2(C)C. The maximum absolute atomic E-state index is 14.6. The lowest BCUT2D eigenvalue weighted by Crippen LogP contribution is -2.55. The van der Waals surface area contributed by atoms with E-state index < -0.39 is 39.7 Å². The highest BCUT2D eigenvalue weighted by molar-refractivity contribution is 7.89. The maximum atomic E-state index is 14.6. The van der Waals surface area contributed by atoms with Gasteiger partial charge in [-0.2, -0.15) is 4.31 Å². The van der Waals surface area contributed by atoms with Gasteiger partial charge in [0.1, 0.15) is 12.2 Å². The summed E-state index contributed by atoms with van der Waals surface area (Å²) < 4.78 is 37.4. The second kappa shape index (κ2) is 12.6. The molecule has 2 bridgehead atoms. The van der Waals surface area contributed by atoms with Crippen LogP contribution in [0, 0.1) is 23.7 Å². The Kier molecular flexibility index (Phi) is 9.41. The average Bonchev–Trinajstić information content (AvgIpc) is 3.32. The normalized spacial score (nSPS) is 29.7. The van der Waals surface area contributed by atoms with Crippen LogP contribution in [0.3, 0.4) is 0 Å². The quantitative estimate of drug-likeness (QED) is 0.267. The van der Waals surface area contributed by atoms with Crippen molar-refractivity contribution in [2.45, 2.75) is 135 Å². The van der Waals surface area contributed by atoms with Crippen molar-refractivity contribution in [3.05, 3.63) is 35.4 Å². The standard InChI is InChI=1S/C33H50N2O6S/c1-23-12-10-11-17-27(23)30(37)29(34-22-36)31(38)41-28-20-24-18-19-33(28,32(24,2)3)21-42(39,40)35(25-13-6-4-7-14-25)26-15-8-5-9-16-26/h10-12,17,22,24-26,28-30,37H,4-9,13-16,18-21H2,1-3H3,(H,34,36)/t24-,28-,29+,30-,33-/m1/s1. The van der Waals surface area contributed by atoms with Crippen LogP contribution >= 0.6 is 0 Å². The highest BCUT2D eigenvalue weighted by atomic mass is 32.2. The molecule has 5 rings (SSSR count). The Bertz CT molecular complexity index is 1200. The van der Waals surface area contributed by atoms with Gasteiger partial charge >= 0.3 is 5.97 Å². The fourth-order valence-electron chi connectivity index (χ4n) is 9.00. The number of sulfonamides is 1. The first-order valence-electron chi connectivity index (χ1n) is 16.2. The number of esters is 1. The third-order valence-electron chi connectivity index (χ3n) is 11.6. The first kappa shape index (κ1) is 31.5. The number of benzene rings is 1. The molecule has 234 valence electrons. The van der Waals surface area contributed by atoms with Crippen molar-refractivity contribution in [1.29, 1.82) is 0 Å². The molecular weight excluding hydrogens is 552 g/mol. The second-order valence-electron chi connectivity index (χ2n) is 14.0. The van der Waals surface area contributed by atoms with E-state index in [-0.39, 0.29) is 29.2 Å². The zero-order valence-electron chi connectivity index (χ0n) is 25.6. The van der Waals surface area contributed by atoms with Gasteiger partial charge in [-0.15, -0.1) is 0 Å². The van der Waals surface area contributed by atoms with Gasteiger partial charge in [-0.05, 0) is 74.3 Å². The molecule has 4 saturated carbocycles. The van der Waals surface area contributed by atoms with Crippen LogP contribution in [0.25, 0.3) is 0 Å². The second-order valence-corrected chi connectivity index (χ2v) is 15.9. The number of fused-ring (bicyclic) bond motifs is 2. The molecule has 4 fully saturated rings. The van der Waals surface area contributed by atoms with E-state index in [0.717, 1.165) is 76.2 Å². The number of hydrogen-bond donors (Lipinski definition) is 2. The minimum absolute atomic E-state index is 0.0272. The number of rotatable bonds is 11. The number of aryl methyl sites for hydroxylation is 1. The van der Waals surface area contributed by atoms with E-state index in [1.54, 1.807) is 12.1 Å². The van der Waals surface area contributed by atoms with E-state index in [4.69, 9.17) is 4.74 Å². The van der Waals surface area contributed by atoms with E-state index in [2.05, 4.69) is 19.2 Å². The highest BCUT2D eigenvalue weighted by Gasteiger charge is 2.67. The van der Waals surface area contributed by atoms with Gasteiger partial charge in [0.15, 0.2) is 6.04 Å². The van der Waals surface area contributed by atoms with Crippen LogP contribution in [0.5, 0.6) is 0 Å². The predicted octanol–water partition coefficient (Wildman–Crippen LogP) is 5.18. The zero-order valence-corrected chi connectivity index (χ0v) is 26.4. The Morgan fingerprint density at radius 1 is 1.05 bits per heavy atom. The summed E-state index contributed by atoms with van der Waals surface area (Å²) in [6.07, 6.45) is 11.0. The number of aliphatic hydroxyl groups is 1. The van der Waals surface area contributed by atoms with Gasteiger partial charge in [0.25, 0.3) is 0 Å². The number of nitrogens with zero attached hydrogens (tertiary/aromatic N) is 1. The van der Waals surface area contributed by atoms with Crippen LogP contribution < -0.4 is 5.32 Å². The Morgan fingerprint density at radius 3 is 2.19 bits per heavy atom.